The largest absolute Gasteiger partial charge is 0.416 e. The molecule has 1 saturated heterocycles. The molecule has 11 heteroatoms. The third-order valence-corrected chi connectivity index (χ3v) is 4.33. The van der Waals surface area contributed by atoms with E-state index in [1.165, 1.54) is 6.20 Å². The van der Waals surface area contributed by atoms with E-state index in [2.05, 4.69) is 15.3 Å². The molecule has 0 bridgehead atoms. The molecule has 1 amide bonds. The second kappa shape index (κ2) is 7.46. The number of carbonyl (C=O) groups is 1. The van der Waals surface area contributed by atoms with Gasteiger partial charge in [-0.2, -0.15) is 26.3 Å². The van der Waals surface area contributed by atoms with Gasteiger partial charge in [-0.25, -0.2) is 4.98 Å². The van der Waals surface area contributed by atoms with Crippen LogP contribution in [0.25, 0.3) is 11.3 Å². The summed E-state index contributed by atoms with van der Waals surface area (Å²) >= 11 is 0. The van der Waals surface area contributed by atoms with Gasteiger partial charge in [0.15, 0.2) is 0 Å². The molecule has 1 aliphatic rings. The van der Waals surface area contributed by atoms with Crippen LogP contribution >= 0.6 is 0 Å². The fraction of sp³-hybridized carbons (Fsp3) is 0.412. The van der Waals surface area contributed by atoms with Gasteiger partial charge in [-0.3, -0.25) is 4.79 Å². The van der Waals surface area contributed by atoms with Gasteiger partial charge in [0.1, 0.15) is 5.82 Å². The molecule has 0 atom stereocenters. The minimum Gasteiger partial charge on any atom is -0.342 e. The van der Waals surface area contributed by atoms with Crippen molar-refractivity contribution in [3.63, 3.8) is 0 Å². The van der Waals surface area contributed by atoms with Crippen molar-refractivity contribution in [3.05, 3.63) is 41.3 Å². The molecule has 5 nitrogen and oxygen atoms in total. The maximum atomic E-state index is 13.0. The van der Waals surface area contributed by atoms with Crippen LogP contribution in [0.1, 0.15) is 17.0 Å². The lowest BCUT2D eigenvalue weighted by molar-refractivity contribution is -0.143. The highest BCUT2D eigenvalue weighted by Gasteiger charge is 2.37. The normalized spacial score (nSPS) is 15.9. The number of benzene rings is 1. The zero-order valence-electron chi connectivity index (χ0n) is 14.4. The Hall–Kier alpha value is -2.56. The van der Waals surface area contributed by atoms with E-state index in [1.54, 1.807) is 4.90 Å². The summed E-state index contributed by atoms with van der Waals surface area (Å²) in [6, 6.07) is 1.37. The summed E-state index contributed by atoms with van der Waals surface area (Å²) in [4.78, 5) is 20.1. The summed E-state index contributed by atoms with van der Waals surface area (Å²) in [5, 5.41) is 2.92. The van der Waals surface area contributed by atoms with Crippen molar-refractivity contribution in [1.82, 2.24) is 20.2 Å². The van der Waals surface area contributed by atoms with Crippen molar-refractivity contribution in [2.75, 3.05) is 26.2 Å². The summed E-state index contributed by atoms with van der Waals surface area (Å²) in [7, 11) is 0. The number of carbonyl (C=O) groups excluding carboxylic acids is 1. The van der Waals surface area contributed by atoms with Gasteiger partial charge >= 0.3 is 12.4 Å². The first kappa shape index (κ1) is 20.2. The number of aromatic amines is 1. The van der Waals surface area contributed by atoms with Gasteiger partial charge in [0, 0.05) is 31.6 Å². The third kappa shape index (κ3) is 4.64. The fourth-order valence-corrected chi connectivity index (χ4v) is 2.87. The molecule has 0 spiro atoms. The first-order valence-corrected chi connectivity index (χ1v) is 8.36. The van der Waals surface area contributed by atoms with Gasteiger partial charge in [-0.1, -0.05) is 0 Å². The average molecular weight is 406 g/mol. The molecule has 3 rings (SSSR count). The van der Waals surface area contributed by atoms with Crippen LogP contribution in [0.4, 0.5) is 26.3 Å². The number of halogens is 6. The predicted octanol–water partition coefficient (Wildman–Crippen LogP) is 3.09. The van der Waals surface area contributed by atoms with E-state index in [4.69, 9.17) is 0 Å². The van der Waals surface area contributed by atoms with Gasteiger partial charge in [0.05, 0.1) is 29.6 Å². The Morgan fingerprint density at radius 1 is 1.04 bits per heavy atom. The maximum Gasteiger partial charge on any atom is 0.416 e. The van der Waals surface area contributed by atoms with E-state index in [0.717, 1.165) is 0 Å². The zero-order chi connectivity index (χ0) is 20.5. The SMILES string of the molecule is O=C1CNCCN1CCc1ncc(-c2cc(C(F)(F)F)cc(C(F)(F)F)c2)[nH]1. The van der Waals surface area contributed by atoms with E-state index < -0.39 is 23.5 Å². The molecular weight excluding hydrogens is 390 g/mol. The van der Waals surface area contributed by atoms with Gasteiger partial charge < -0.3 is 15.2 Å². The van der Waals surface area contributed by atoms with E-state index in [0.29, 0.717) is 44.0 Å². The Morgan fingerprint density at radius 2 is 1.68 bits per heavy atom. The highest BCUT2D eigenvalue weighted by Crippen LogP contribution is 2.38. The van der Waals surface area contributed by atoms with Gasteiger partial charge in [-0.15, -0.1) is 0 Å². The second-order valence-electron chi connectivity index (χ2n) is 6.35. The third-order valence-electron chi connectivity index (χ3n) is 4.33. The second-order valence-corrected chi connectivity index (χ2v) is 6.35. The number of amides is 1. The molecule has 0 unspecified atom stereocenters. The summed E-state index contributed by atoms with van der Waals surface area (Å²) in [6.07, 6.45) is -8.34. The Labute approximate surface area is 155 Å². The number of H-pyrrole nitrogens is 1. The lowest BCUT2D eigenvalue weighted by Crippen LogP contribution is -2.48. The van der Waals surface area contributed by atoms with Crippen LogP contribution in [0, 0.1) is 0 Å². The van der Waals surface area contributed by atoms with Crippen LogP contribution in [0.3, 0.4) is 0 Å². The molecular formula is C17H16F6N4O. The number of nitrogens with zero attached hydrogens (tertiary/aromatic N) is 2. The van der Waals surface area contributed by atoms with E-state index in [9.17, 15) is 31.1 Å². The standard InChI is InChI=1S/C17H16F6N4O/c18-16(19,20)11-5-10(6-12(7-11)17(21,22)23)13-8-25-14(26-13)1-3-27-4-2-24-9-15(27)28/h5-8,24H,1-4,9H2,(H,25,26). The minimum absolute atomic E-state index is 0.0400. The molecule has 1 aromatic carbocycles. The van der Waals surface area contributed by atoms with Crippen LogP contribution in [-0.4, -0.2) is 47.0 Å². The van der Waals surface area contributed by atoms with Crippen molar-refractivity contribution < 1.29 is 31.1 Å². The van der Waals surface area contributed by atoms with Crippen LogP contribution in [0.15, 0.2) is 24.4 Å². The smallest absolute Gasteiger partial charge is 0.342 e. The molecule has 2 N–H and O–H groups in total. The summed E-state index contributed by atoms with van der Waals surface area (Å²) in [5.41, 5.74) is -3.00. The van der Waals surface area contributed by atoms with Crippen molar-refractivity contribution in [2.45, 2.75) is 18.8 Å². The molecule has 28 heavy (non-hydrogen) atoms. The molecule has 1 aromatic heterocycles. The number of rotatable bonds is 4. The van der Waals surface area contributed by atoms with Gasteiger partial charge in [0.2, 0.25) is 5.91 Å². The Bertz CT molecular complexity index is 826. The molecule has 0 saturated carbocycles. The summed E-state index contributed by atoms with van der Waals surface area (Å²) in [6.45, 7) is 1.76. The highest BCUT2D eigenvalue weighted by molar-refractivity contribution is 5.79. The molecule has 2 heterocycles. The lowest BCUT2D eigenvalue weighted by atomic mass is 10.0. The molecule has 0 aliphatic carbocycles. The fourth-order valence-electron chi connectivity index (χ4n) is 2.87. The molecule has 0 radical (unpaired) electrons. The maximum absolute atomic E-state index is 13.0. The van der Waals surface area contributed by atoms with Crippen LogP contribution in [-0.2, 0) is 23.6 Å². The molecule has 1 fully saturated rings. The number of alkyl halides is 6. The lowest BCUT2D eigenvalue weighted by Gasteiger charge is -2.26. The van der Waals surface area contributed by atoms with E-state index in [-0.39, 0.29) is 29.8 Å². The average Bonchev–Trinajstić information content (AvgIpc) is 3.08. The number of imidazole rings is 1. The van der Waals surface area contributed by atoms with Crippen molar-refractivity contribution in [3.8, 4) is 11.3 Å². The van der Waals surface area contributed by atoms with Crippen molar-refractivity contribution in [2.24, 2.45) is 0 Å². The van der Waals surface area contributed by atoms with Gasteiger partial charge in [-0.05, 0) is 18.2 Å². The van der Waals surface area contributed by atoms with E-state index >= 15 is 0 Å². The van der Waals surface area contributed by atoms with Crippen LogP contribution in [0.2, 0.25) is 0 Å². The number of hydrogen-bond donors (Lipinski definition) is 2. The molecule has 2 aromatic rings. The number of hydrogen-bond acceptors (Lipinski definition) is 3. The topological polar surface area (TPSA) is 61.0 Å². The van der Waals surface area contributed by atoms with Gasteiger partial charge in [0.25, 0.3) is 0 Å². The number of piperazine rings is 1. The first-order valence-electron chi connectivity index (χ1n) is 8.36. The van der Waals surface area contributed by atoms with E-state index in [1.807, 2.05) is 0 Å². The quantitative estimate of drug-likeness (QED) is 0.768. The van der Waals surface area contributed by atoms with Crippen molar-refractivity contribution in [1.29, 1.82) is 0 Å². The van der Waals surface area contributed by atoms with Crippen LogP contribution in [0.5, 0.6) is 0 Å². The predicted molar refractivity (Wildman–Crippen MR) is 87.2 cm³/mol. The monoisotopic (exact) mass is 406 g/mol. The molecule has 1 aliphatic heterocycles. The van der Waals surface area contributed by atoms with Crippen LogP contribution < -0.4 is 5.32 Å². The first-order chi connectivity index (χ1) is 13.0. The Balaban J connectivity index is 1.82. The minimum atomic E-state index is -4.92. The zero-order valence-corrected chi connectivity index (χ0v) is 14.4. The van der Waals surface area contributed by atoms with Crippen molar-refractivity contribution >= 4 is 5.91 Å². The Morgan fingerprint density at radius 3 is 2.25 bits per heavy atom. The summed E-state index contributed by atoms with van der Waals surface area (Å²) < 4.78 is 77.9. The Kier molecular flexibility index (Phi) is 5.37. The highest BCUT2D eigenvalue weighted by atomic mass is 19.4. The summed E-state index contributed by atoms with van der Waals surface area (Å²) in [5.74, 6) is 0.290. The number of aromatic nitrogens is 2. The number of nitrogens with one attached hydrogen (secondary N) is 2. The molecule has 152 valence electrons.